The number of sulfone groups is 1. The van der Waals surface area contributed by atoms with E-state index in [1.807, 2.05) is 13.8 Å². The molecule has 1 N–H and O–H groups in total. The fourth-order valence-corrected chi connectivity index (χ4v) is 2.83. The zero-order chi connectivity index (χ0) is 14.1. The molecule has 5 nitrogen and oxygen atoms in total. The first-order valence-corrected chi connectivity index (χ1v) is 8.52. The number of aromatic nitrogens is 2. The lowest BCUT2D eigenvalue weighted by Crippen LogP contribution is -2.33. The summed E-state index contributed by atoms with van der Waals surface area (Å²) in [6.45, 7) is 6.02. The van der Waals surface area contributed by atoms with Crippen LogP contribution in [0.3, 0.4) is 0 Å². The van der Waals surface area contributed by atoms with Crippen LogP contribution in [0.1, 0.15) is 25.2 Å². The van der Waals surface area contributed by atoms with E-state index in [1.54, 1.807) is 4.68 Å². The van der Waals surface area contributed by atoms with E-state index in [0.29, 0.717) is 6.54 Å². The van der Waals surface area contributed by atoms with Gasteiger partial charge in [0.2, 0.25) is 0 Å². The Bertz CT molecular complexity index is 525. The summed E-state index contributed by atoms with van der Waals surface area (Å²) < 4.78 is 25.4. The molecular formula is C11H19BrN2O3S. The van der Waals surface area contributed by atoms with Crippen LogP contribution in [0.25, 0.3) is 0 Å². The van der Waals surface area contributed by atoms with E-state index in [2.05, 4.69) is 21.0 Å². The molecule has 2 unspecified atom stereocenters. The number of rotatable bonds is 5. The van der Waals surface area contributed by atoms with Crippen LogP contribution in [0.5, 0.6) is 0 Å². The van der Waals surface area contributed by atoms with Crippen molar-refractivity contribution in [2.24, 2.45) is 0 Å². The van der Waals surface area contributed by atoms with E-state index >= 15 is 0 Å². The molecule has 0 amide bonds. The number of hydrogen-bond acceptors (Lipinski definition) is 4. The highest BCUT2D eigenvalue weighted by Gasteiger charge is 2.26. The second-order valence-corrected chi connectivity index (χ2v) is 7.66. The Balaban J connectivity index is 2.98. The van der Waals surface area contributed by atoms with Crippen molar-refractivity contribution in [3.05, 3.63) is 15.9 Å². The largest absolute Gasteiger partial charge is 0.391 e. The predicted molar refractivity (Wildman–Crippen MR) is 74.4 cm³/mol. The highest BCUT2D eigenvalue weighted by Crippen LogP contribution is 2.23. The van der Waals surface area contributed by atoms with Crippen molar-refractivity contribution in [2.75, 3.05) is 6.26 Å². The Morgan fingerprint density at radius 2 is 2.06 bits per heavy atom. The van der Waals surface area contributed by atoms with Gasteiger partial charge < -0.3 is 5.11 Å². The Hall–Kier alpha value is -0.400. The molecule has 0 bridgehead atoms. The van der Waals surface area contributed by atoms with Crippen LogP contribution in [0.2, 0.25) is 0 Å². The Morgan fingerprint density at radius 3 is 2.50 bits per heavy atom. The molecule has 7 heteroatoms. The number of halogens is 1. The minimum absolute atomic E-state index is 0.267. The maximum absolute atomic E-state index is 11.4. The molecular weight excluding hydrogens is 320 g/mol. The van der Waals surface area contributed by atoms with Gasteiger partial charge in [-0.15, -0.1) is 0 Å². The van der Waals surface area contributed by atoms with Gasteiger partial charge in [-0.3, -0.25) is 4.68 Å². The number of aliphatic hydroxyl groups is 1. The lowest BCUT2D eigenvalue weighted by molar-refractivity contribution is 0.170. The van der Waals surface area contributed by atoms with E-state index in [0.717, 1.165) is 22.1 Å². The van der Waals surface area contributed by atoms with Crippen molar-refractivity contribution in [3.8, 4) is 0 Å². The monoisotopic (exact) mass is 338 g/mol. The summed E-state index contributed by atoms with van der Waals surface area (Å²) in [5.41, 5.74) is 1.67. The molecule has 2 atom stereocenters. The summed E-state index contributed by atoms with van der Waals surface area (Å²) in [7, 11) is -3.24. The molecule has 0 aliphatic carbocycles. The van der Waals surface area contributed by atoms with Crippen LogP contribution in [0.4, 0.5) is 0 Å². The van der Waals surface area contributed by atoms with Gasteiger partial charge >= 0.3 is 0 Å². The van der Waals surface area contributed by atoms with Gasteiger partial charge in [-0.25, -0.2) is 8.42 Å². The van der Waals surface area contributed by atoms with Crippen LogP contribution in [-0.2, 0) is 22.8 Å². The number of hydrogen-bond donors (Lipinski definition) is 1. The molecule has 0 spiro atoms. The van der Waals surface area contributed by atoms with Crippen LogP contribution in [-0.4, -0.2) is 40.9 Å². The van der Waals surface area contributed by atoms with E-state index in [1.165, 1.54) is 6.92 Å². The van der Waals surface area contributed by atoms with Crippen molar-refractivity contribution in [1.29, 1.82) is 0 Å². The minimum atomic E-state index is -3.24. The maximum atomic E-state index is 11.4. The maximum Gasteiger partial charge on any atom is 0.152 e. The molecule has 104 valence electrons. The molecule has 18 heavy (non-hydrogen) atoms. The van der Waals surface area contributed by atoms with Gasteiger partial charge in [0.25, 0.3) is 0 Å². The van der Waals surface area contributed by atoms with Crippen LogP contribution < -0.4 is 0 Å². The molecule has 0 aromatic carbocycles. The molecule has 1 rings (SSSR count). The molecule has 1 aromatic rings. The molecule has 1 aromatic heterocycles. The molecule has 0 fully saturated rings. The summed E-state index contributed by atoms with van der Waals surface area (Å²) in [5.74, 6) is 0. The normalized spacial score (nSPS) is 15.7. The Kier molecular flexibility index (Phi) is 4.97. The van der Waals surface area contributed by atoms with Crippen molar-refractivity contribution in [3.63, 3.8) is 0 Å². The molecule has 0 saturated heterocycles. The van der Waals surface area contributed by atoms with Gasteiger partial charge in [0, 0.05) is 19.2 Å². The van der Waals surface area contributed by atoms with Gasteiger partial charge in [0.15, 0.2) is 9.84 Å². The summed E-state index contributed by atoms with van der Waals surface area (Å²) in [6.07, 6.45) is 0.472. The number of aryl methyl sites for hydroxylation is 2. The van der Waals surface area contributed by atoms with Gasteiger partial charge in [0.05, 0.1) is 27.2 Å². The quantitative estimate of drug-likeness (QED) is 0.878. The van der Waals surface area contributed by atoms with Gasteiger partial charge in [-0.05, 0) is 36.7 Å². The molecule has 0 aliphatic heterocycles. The average Bonchev–Trinajstić information content (AvgIpc) is 2.54. The fraction of sp³-hybridized carbons (Fsp3) is 0.727. The highest BCUT2D eigenvalue weighted by atomic mass is 79.9. The summed E-state index contributed by atoms with van der Waals surface area (Å²) >= 11 is 3.43. The lowest BCUT2D eigenvalue weighted by atomic mass is 10.1. The SMILES string of the molecule is CCn1nc(C)c(Br)c1CC(O)C(C)S(C)(=O)=O. The Labute approximate surface area is 116 Å². The third-order valence-corrected chi connectivity index (χ3v) is 5.77. The number of nitrogens with zero attached hydrogens (tertiary/aromatic N) is 2. The first kappa shape index (κ1) is 15.7. The number of aliphatic hydroxyl groups excluding tert-OH is 1. The second-order valence-electron chi connectivity index (χ2n) is 4.47. The lowest BCUT2D eigenvalue weighted by Gasteiger charge is -2.17. The first-order chi connectivity index (χ1) is 8.18. The van der Waals surface area contributed by atoms with Gasteiger partial charge in [-0.1, -0.05) is 0 Å². The van der Waals surface area contributed by atoms with Crippen LogP contribution in [0.15, 0.2) is 4.47 Å². The smallest absolute Gasteiger partial charge is 0.152 e. The van der Waals surface area contributed by atoms with E-state index in [4.69, 9.17) is 0 Å². The van der Waals surface area contributed by atoms with E-state index in [-0.39, 0.29) is 6.42 Å². The third kappa shape index (κ3) is 3.33. The highest BCUT2D eigenvalue weighted by molar-refractivity contribution is 9.10. The van der Waals surface area contributed by atoms with Gasteiger partial charge in [0.1, 0.15) is 0 Å². The molecule has 1 heterocycles. The zero-order valence-corrected chi connectivity index (χ0v) is 13.4. The molecule has 0 radical (unpaired) electrons. The van der Waals surface area contributed by atoms with Gasteiger partial charge in [-0.2, -0.15) is 5.10 Å². The molecule has 0 saturated carbocycles. The van der Waals surface area contributed by atoms with Crippen molar-refractivity contribution < 1.29 is 13.5 Å². The third-order valence-electron chi connectivity index (χ3n) is 3.07. The van der Waals surface area contributed by atoms with Crippen LogP contribution in [0, 0.1) is 6.92 Å². The topological polar surface area (TPSA) is 72.2 Å². The predicted octanol–water partition coefficient (Wildman–Crippen LogP) is 1.31. The van der Waals surface area contributed by atoms with Crippen molar-refractivity contribution in [2.45, 2.75) is 45.1 Å². The average molecular weight is 339 g/mol. The fourth-order valence-electron chi connectivity index (χ4n) is 1.71. The second kappa shape index (κ2) is 5.71. The van der Waals surface area contributed by atoms with E-state index in [9.17, 15) is 13.5 Å². The summed E-state index contributed by atoms with van der Waals surface area (Å²) in [6, 6.07) is 0. The first-order valence-electron chi connectivity index (χ1n) is 5.77. The molecule has 0 aliphatic rings. The van der Waals surface area contributed by atoms with Crippen molar-refractivity contribution >= 4 is 25.8 Å². The Morgan fingerprint density at radius 1 is 1.50 bits per heavy atom. The summed E-state index contributed by atoms with van der Waals surface area (Å²) in [5, 5.41) is 13.5. The van der Waals surface area contributed by atoms with Crippen LogP contribution >= 0.6 is 15.9 Å². The zero-order valence-electron chi connectivity index (χ0n) is 11.0. The van der Waals surface area contributed by atoms with Crippen molar-refractivity contribution in [1.82, 2.24) is 9.78 Å². The minimum Gasteiger partial charge on any atom is -0.391 e. The van der Waals surface area contributed by atoms with E-state index < -0.39 is 21.2 Å². The summed E-state index contributed by atoms with van der Waals surface area (Å²) in [4.78, 5) is 0. The standard InChI is InChI=1S/C11H19BrN2O3S/c1-5-14-9(11(12)7(2)13-14)6-10(15)8(3)18(4,16)17/h8,10,15H,5-6H2,1-4H3.